The Kier molecular flexibility index (Phi) is 5.93. The molecule has 3 nitrogen and oxygen atoms in total. The molecule has 0 heterocycles. The molecule has 7 heteroatoms. The maximum absolute atomic E-state index is 13.5. The number of carbonyl (C=O) groups excluding carboxylic acids is 1. The predicted octanol–water partition coefficient (Wildman–Crippen LogP) is 3.53. The fraction of sp³-hybridized carbons (Fsp3) is 0.188. The molecule has 1 atom stereocenters. The van der Waals surface area contributed by atoms with E-state index in [1.54, 1.807) is 18.3 Å². The molecule has 0 saturated heterocycles. The van der Waals surface area contributed by atoms with Crippen molar-refractivity contribution in [1.29, 1.82) is 0 Å². The third kappa shape index (κ3) is 4.64. The Morgan fingerprint density at radius 1 is 1.17 bits per heavy atom. The summed E-state index contributed by atoms with van der Waals surface area (Å²) in [4.78, 5) is 11.9. The molecule has 0 aliphatic heterocycles. The third-order valence-electron chi connectivity index (χ3n) is 3.33. The summed E-state index contributed by atoms with van der Waals surface area (Å²) in [6, 6.07) is 8.22. The molecular formula is C16H15Cl2F2N2O+. The standard InChI is InChI=1S/C16H14Cl2F2N2O/c1-9(10-6-14(20)12(18)7-11(10)17)21-8-16(23)22-15-5-3-2-4-13(15)19/h2-7,9,21H,8H2,1H3,(H,22,23)/p+1/t9-/m1/s1. The lowest BCUT2D eigenvalue weighted by molar-refractivity contribution is -0.682. The van der Waals surface area contributed by atoms with Crippen LogP contribution in [0.1, 0.15) is 18.5 Å². The zero-order valence-electron chi connectivity index (χ0n) is 12.2. The molecule has 1 amide bonds. The number of rotatable bonds is 5. The van der Waals surface area contributed by atoms with E-state index in [9.17, 15) is 13.6 Å². The Labute approximate surface area is 142 Å². The molecule has 0 aliphatic carbocycles. The minimum Gasteiger partial charge on any atom is -0.332 e. The SMILES string of the molecule is C[C@@H]([NH2+]CC(=O)Nc1ccccc1F)c1cc(F)c(Cl)cc1Cl. The second-order valence-electron chi connectivity index (χ2n) is 5.04. The third-order valence-corrected chi connectivity index (χ3v) is 3.95. The lowest BCUT2D eigenvalue weighted by Gasteiger charge is -2.13. The number of amides is 1. The highest BCUT2D eigenvalue weighted by atomic mass is 35.5. The number of para-hydroxylation sites is 1. The molecule has 0 spiro atoms. The van der Waals surface area contributed by atoms with Crippen LogP contribution in [0.15, 0.2) is 36.4 Å². The molecule has 0 radical (unpaired) electrons. The molecule has 23 heavy (non-hydrogen) atoms. The van der Waals surface area contributed by atoms with Crippen molar-refractivity contribution in [2.24, 2.45) is 0 Å². The van der Waals surface area contributed by atoms with Crippen molar-refractivity contribution >= 4 is 34.8 Å². The Bertz CT molecular complexity index is 725. The minimum absolute atomic E-state index is 0.0378. The van der Waals surface area contributed by atoms with Crippen LogP contribution in [0.2, 0.25) is 10.0 Å². The van der Waals surface area contributed by atoms with Gasteiger partial charge in [0, 0.05) is 5.56 Å². The normalized spacial score (nSPS) is 12.0. The maximum Gasteiger partial charge on any atom is 0.279 e. The van der Waals surface area contributed by atoms with Crippen LogP contribution in [0.25, 0.3) is 0 Å². The Morgan fingerprint density at radius 2 is 1.87 bits per heavy atom. The number of hydrogen-bond donors (Lipinski definition) is 2. The molecule has 2 aromatic rings. The van der Waals surface area contributed by atoms with Crippen LogP contribution in [-0.4, -0.2) is 12.5 Å². The first-order valence-corrected chi connectivity index (χ1v) is 7.66. The maximum atomic E-state index is 13.5. The van der Waals surface area contributed by atoms with Crippen molar-refractivity contribution in [3.63, 3.8) is 0 Å². The van der Waals surface area contributed by atoms with Crippen LogP contribution < -0.4 is 10.6 Å². The second-order valence-corrected chi connectivity index (χ2v) is 5.86. The largest absolute Gasteiger partial charge is 0.332 e. The van der Waals surface area contributed by atoms with E-state index in [0.717, 1.165) is 0 Å². The van der Waals surface area contributed by atoms with E-state index in [1.165, 1.54) is 30.3 Å². The van der Waals surface area contributed by atoms with Crippen molar-refractivity contribution in [3.05, 3.63) is 63.6 Å². The molecule has 122 valence electrons. The number of nitrogens with one attached hydrogen (secondary N) is 1. The summed E-state index contributed by atoms with van der Waals surface area (Å²) < 4.78 is 27.0. The summed E-state index contributed by atoms with van der Waals surface area (Å²) in [5.74, 6) is -1.44. The fourth-order valence-corrected chi connectivity index (χ4v) is 2.62. The number of anilines is 1. The van der Waals surface area contributed by atoms with Gasteiger partial charge in [0.15, 0.2) is 6.54 Å². The van der Waals surface area contributed by atoms with Gasteiger partial charge in [0.05, 0.1) is 15.7 Å². The van der Waals surface area contributed by atoms with E-state index in [2.05, 4.69) is 5.32 Å². The molecular weight excluding hydrogens is 345 g/mol. The molecule has 0 unspecified atom stereocenters. The van der Waals surface area contributed by atoms with Crippen molar-refractivity contribution in [2.75, 3.05) is 11.9 Å². The quantitative estimate of drug-likeness (QED) is 0.788. The first-order chi connectivity index (χ1) is 10.9. The zero-order chi connectivity index (χ0) is 17.0. The Morgan fingerprint density at radius 3 is 2.57 bits per heavy atom. The number of hydrogen-bond acceptors (Lipinski definition) is 1. The van der Waals surface area contributed by atoms with E-state index in [0.29, 0.717) is 10.6 Å². The lowest BCUT2D eigenvalue weighted by Crippen LogP contribution is -2.86. The van der Waals surface area contributed by atoms with Crippen molar-refractivity contribution in [1.82, 2.24) is 0 Å². The van der Waals surface area contributed by atoms with Gasteiger partial charge in [-0.3, -0.25) is 4.79 Å². The van der Waals surface area contributed by atoms with E-state index in [-0.39, 0.29) is 29.2 Å². The van der Waals surface area contributed by atoms with Gasteiger partial charge in [-0.05, 0) is 31.2 Å². The summed E-state index contributed by atoms with van der Waals surface area (Å²) in [5, 5.41) is 4.43. The summed E-state index contributed by atoms with van der Waals surface area (Å²) >= 11 is 11.7. The molecule has 0 fully saturated rings. The molecule has 2 aromatic carbocycles. The lowest BCUT2D eigenvalue weighted by atomic mass is 10.1. The van der Waals surface area contributed by atoms with Crippen LogP contribution in [0, 0.1) is 11.6 Å². The molecule has 0 aliphatic rings. The molecule has 0 bridgehead atoms. The van der Waals surface area contributed by atoms with E-state index in [4.69, 9.17) is 23.2 Å². The first kappa shape index (κ1) is 17.7. The molecule has 0 aromatic heterocycles. The van der Waals surface area contributed by atoms with Gasteiger partial charge in [0.2, 0.25) is 0 Å². The number of nitrogens with two attached hydrogens (primary N) is 1. The van der Waals surface area contributed by atoms with Crippen molar-refractivity contribution in [3.8, 4) is 0 Å². The highest BCUT2D eigenvalue weighted by molar-refractivity contribution is 6.35. The van der Waals surface area contributed by atoms with Crippen LogP contribution in [0.5, 0.6) is 0 Å². The Hall–Kier alpha value is -1.69. The van der Waals surface area contributed by atoms with Gasteiger partial charge in [0.25, 0.3) is 5.91 Å². The molecule has 3 N–H and O–H groups in total. The topological polar surface area (TPSA) is 45.7 Å². The van der Waals surface area contributed by atoms with E-state index >= 15 is 0 Å². The van der Waals surface area contributed by atoms with Crippen molar-refractivity contribution < 1.29 is 18.9 Å². The van der Waals surface area contributed by atoms with Gasteiger partial charge < -0.3 is 10.6 Å². The highest BCUT2D eigenvalue weighted by Gasteiger charge is 2.17. The summed E-state index contributed by atoms with van der Waals surface area (Å²) in [6.07, 6.45) is 0. The number of carbonyl (C=O) groups is 1. The van der Waals surface area contributed by atoms with Gasteiger partial charge in [-0.15, -0.1) is 0 Å². The average Bonchev–Trinajstić information content (AvgIpc) is 2.51. The van der Waals surface area contributed by atoms with Crippen LogP contribution >= 0.6 is 23.2 Å². The van der Waals surface area contributed by atoms with Crippen molar-refractivity contribution in [2.45, 2.75) is 13.0 Å². The molecule has 2 rings (SSSR count). The fourth-order valence-electron chi connectivity index (χ4n) is 2.06. The number of quaternary nitrogens is 1. The molecule has 0 saturated carbocycles. The van der Waals surface area contributed by atoms with Crippen LogP contribution in [0.3, 0.4) is 0 Å². The van der Waals surface area contributed by atoms with Crippen LogP contribution in [0.4, 0.5) is 14.5 Å². The van der Waals surface area contributed by atoms with Gasteiger partial charge in [-0.25, -0.2) is 8.78 Å². The first-order valence-electron chi connectivity index (χ1n) is 6.90. The second kappa shape index (κ2) is 7.73. The average molecular weight is 360 g/mol. The number of halogens is 4. The van der Waals surface area contributed by atoms with E-state index < -0.39 is 11.6 Å². The summed E-state index contributed by atoms with van der Waals surface area (Å²) in [5.41, 5.74) is 0.654. The smallest absolute Gasteiger partial charge is 0.279 e. The summed E-state index contributed by atoms with van der Waals surface area (Å²) in [7, 11) is 0. The number of benzene rings is 2. The zero-order valence-corrected chi connectivity index (χ0v) is 13.8. The van der Waals surface area contributed by atoms with Gasteiger partial charge >= 0.3 is 0 Å². The monoisotopic (exact) mass is 359 g/mol. The van der Waals surface area contributed by atoms with Gasteiger partial charge in [-0.1, -0.05) is 35.3 Å². The van der Waals surface area contributed by atoms with E-state index in [1.807, 2.05) is 0 Å². The van der Waals surface area contributed by atoms with Gasteiger partial charge in [-0.2, -0.15) is 0 Å². The Balaban J connectivity index is 1.96. The summed E-state index contributed by atoms with van der Waals surface area (Å²) in [6.45, 7) is 1.82. The van der Waals surface area contributed by atoms with Crippen LogP contribution in [-0.2, 0) is 4.79 Å². The minimum atomic E-state index is -0.567. The van der Waals surface area contributed by atoms with Gasteiger partial charge in [0.1, 0.15) is 17.7 Å². The highest BCUT2D eigenvalue weighted by Crippen LogP contribution is 2.27. The predicted molar refractivity (Wildman–Crippen MR) is 86.7 cm³/mol.